The van der Waals surface area contributed by atoms with Crippen molar-refractivity contribution in [2.45, 2.75) is 65.8 Å². The summed E-state index contributed by atoms with van der Waals surface area (Å²) >= 11 is 0. The van der Waals surface area contributed by atoms with Gasteiger partial charge < -0.3 is 0 Å². The number of nitrogens with zero attached hydrogens (tertiary/aromatic N) is 4. The number of hydrogen-bond donors (Lipinski definition) is 1. The first-order valence-corrected chi connectivity index (χ1v) is 10.9. The van der Waals surface area contributed by atoms with E-state index in [-0.39, 0.29) is 0 Å². The summed E-state index contributed by atoms with van der Waals surface area (Å²) in [5.41, 5.74) is 4.81. The monoisotopic (exact) mass is 408 g/mol. The predicted octanol–water partition coefficient (Wildman–Crippen LogP) is 4.35. The molecule has 2 aliphatic rings. The predicted molar refractivity (Wildman–Crippen MR) is 125 cm³/mol. The van der Waals surface area contributed by atoms with Crippen LogP contribution in [-0.2, 0) is 0 Å². The van der Waals surface area contributed by atoms with Gasteiger partial charge in [0, 0.05) is 0 Å². The van der Waals surface area contributed by atoms with Gasteiger partial charge in [0.25, 0.3) is 0 Å². The number of aromatic nitrogens is 2. The Morgan fingerprint density at radius 1 is 1.33 bits per heavy atom. The van der Waals surface area contributed by atoms with Crippen LogP contribution in [0.3, 0.4) is 0 Å². The Bertz CT molecular complexity index is 868. The van der Waals surface area contributed by atoms with Crippen LogP contribution in [0.1, 0.15) is 58.6 Å². The third kappa shape index (κ3) is 5.05. The minimum atomic E-state index is -0.468. The fourth-order valence-corrected chi connectivity index (χ4v) is 4.25. The van der Waals surface area contributed by atoms with E-state index in [4.69, 9.17) is 12.5 Å². The van der Waals surface area contributed by atoms with Gasteiger partial charge >= 0.3 is 180 Å². The van der Waals surface area contributed by atoms with Crippen LogP contribution < -0.4 is 10.2 Å². The van der Waals surface area contributed by atoms with E-state index >= 15 is 0 Å². The number of halogens is 1. The van der Waals surface area contributed by atoms with E-state index in [0.29, 0.717) is 17.3 Å². The zero-order chi connectivity index (χ0) is 21.7. The second kappa shape index (κ2) is 10.1. The molecule has 5 nitrogen and oxygen atoms in total. The molecule has 1 aliphatic carbocycles. The standard InChI is InChI=1S/C23H32BFN5/c1-5-20-18(10-12-25)11-13-30(20)23-21(16(3)26-14-27-23)28-17(4)22(24)29-19-8-6-15(2)7-9-19/h5,10,14-15,19,29H,6-9,11-13H2,1-4H3/b18-10-,20-5+,28-17?. The maximum atomic E-state index is 12.9. The summed E-state index contributed by atoms with van der Waals surface area (Å²) in [7, 11) is 6.36. The fraction of sp³-hybridized carbons (Fsp3) is 0.565. The third-order valence-corrected chi connectivity index (χ3v) is 6.11. The summed E-state index contributed by atoms with van der Waals surface area (Å²) < 4.78 is 12.9. The van der Waals surface area contributed by atoms with E-state index in [1.54, 1.807) is 12.4 Å². The van der Waals surface area contributed by atoms with Gasteiger partial charge in [-0.15, -0.1) is 0 Å². The first-order chi connectivity index (χ1) is 14.4. The average molecular weight is 408 g/mol. The Balaban J connectivity index is 1.84. The van der Waals surface area contributed by atoms with E-state index in [0.717, 1.165) is 60.2 Å². The van der Waals surface area contributed by atoms with Crippen LogP contribution in [0.5, 0.6) is 0 Å². The topological polar surface area (TPSA) is 53.4 Å². The van der Waals surface area contributed by atoms with Crippen molar-refractivity contribution >= 4 is 30.3 Å². The van der Waals surface area contributed by atoms with Crippen molar-refractivity contribution < 1.29 is 4.39 Å². The third-order valence-electron chi connectivity index (χ3n) is 6.11. The fourth-order valence-electron chi connectivity index (χ4n) is 4.25. The number of aryl methyl sites for hydroxylation is 1. The van der Waals surface area contributed by atoms with Crippen LogP contribution in [0.25, 0.3) is 0 Å². The molecule has 1 saturated heterocycles. The van der Waals surface area contributed by atoms with Gasteiger partial charge in [0.2, 0.25) is 0 Å². The Morgan fingerprint density at radius 3 is 2.73 bits per heavy atom. The molecule has 1 aromatic rings. The SMILES string of the molecule is [B]=C(NC1CCC(C)CC1)C(C)=Nc1c(C)ncnc1N1CCC(=C/CF)/C1=C\C. The van der Waals surface area contributed by atoms with E-state index < -0.39 is 6.67 Å². The molecule has 1 radical (unpaired) electrons. The number of rotatable bonds is 6. The van der Waals surface area contributed by atoms with Gasteiger partial charge in [0.15, 0.2) is 0 Å². The first kappa shape index (κ1) is 22.4. The number of allylic oxidation sites excluding steroid dienone is 3. The number of nitrogens with one attached hydrogen (secondary N) is 1. The minimum absolute atomic E-state index is 0.403. The summed E-state index contributed by atoms with van der Waals surface area (Å²) in [6, 6.07) is 0.403. The molecule has 0 spiro atoms. The van der Waals surface area contributed by atoms with Crippen LogP contribution in [0.2, 0.25) is 0 Å². The average Bonchev–Trinajstić information content (AvgIpc) is 3.13. The molecule has 1 aromatic heterocycles. The quantitative estimate of drug-likeness (QED) is 0.562. The van der Waals surface area contributed by atoms with Gasteiger partial charge in [-0.1, -0.05) is 0 Å². The Hall–Kier alpha value is -2.31. The summed E-state index contributed by atoms with van der Waals surface area (Å²) in [5.74, 6) is 1.53. The van der Waals surface area contributed by atoms with Gasteiger partial charge in [-0.2, -0.15) is 0 Å². The molecule has 0 unspecified atom stereocenters. The van der Waals surface area contributed by atoms with E-state index in [1.165, 1.54) is 12.8 Å². The molecule has 1 saturated carbocycles. The molecule has 7 heteroatoms. The summed E-state index contributed by atoms with van der Waals surface area (Å²) in [4.78, 5) is 15.8. The van der Waals surface area contributed by atoms with Crippen molar-refractivity contribution in [3.8, 4) is 0 Å². The first-order valence-electron chi connectivity index (χ1n) is 10.9. The Kier molecular flexibility index (Phi) is 7.56. The number of anilines is 1. The number of aliphatic imine (C=N–C) groups is 1. The van der Waals surface area contributed by atoms with E-state index in [9.17, 15) is 4.39 Å². The van der Waals surface area contributed by atoms with Crippen molar-refractivity contribution in [2.75, 3.05) is 18.1 Å². The van der Waals surface area contributed by atoms with Crippen LogP contribution in [-0.4, -0.2) is 48.0 Å². The van der Waals surface area contributed by atoms with Crippen molar-refractivity contribution in [1.82, 2.24) is 15.3 Å². The molecule has 0 bridgehead atoms. The van der Waals surface area contributed by atoms with Crippen molar-refractivity contribution in [3.63, 3.8) is 0 Å². The molecular formula is C23H32BFN5. The van der Waals surface area contributed by atoms with E-state index in [1.807, 2.05) is 26.8 Å². The number of alkyl halides is 1. The molecule has 0 aromatic carbocycles. The summed E-state index contributed by atoms with van der Waals surface area (Å²) in [6.07, 6.45) is 10.7. The molecule has 0 amide bonds. The molecule has 1 N–H and O–H groups in total. The van der Waals surface area contributed by atoms with Crippen LogP contribution in [0.15, 0.2) is 34.7 Å². The van der Waals surface area contributed by atoms with Crippen LogP contribution in [0.4, 0.5) is 15.9 Å². The van der Waals surface area contributed by atoms with Crippen molar-refractivity contribution in [3.05, 3.63) is 35.4 Å². The maximum absolute atomic E-state index is 12.9. The molecule has 30 heavy (non-hydrogen) atoms. The van der Waals surface area contributed by atoms with Crippen LogP contribution in [0, 0.1) is 12.8 Å². The normalized spacial score (nSPS) is 25.2. The number of hydrogen-bond acceptors (Lipinski definition) is 5. The van der Waals surface area contributed by atoms with Crippen molar-refractivity contribution in [2.24, 2.45) is 10.9 Å². The van der Waals surface area contributed by atoms with Gasteiger partial charge in [-0.05, 0) is 0 Å². The van der Waals surface area contributed by atoms with Gasteiger partial charge in [-0.25, -0.2) is 0 Å². The molecular weight excluding hydrogens is 376 g/mol. The zero-order valence-corrected chi connectivity index (χ0v) is 18.6. The molecule has 159 valence electrons. The van der Waals surface area contributed by atoms with Crippen LogP contribution >= 0.6 is 0 Å². The Labute approximate surface area is 180 Å². The molecule has 2 heterocycles. The second-order valence-electron chi connectivity index (χ2n) is 8.30. The Morgan fingerprint density at radius 2 is 2.07 bits per heavy atom. The van der Waals surface area contributed by atoms with Gasteiger partial charge in [0.05, 0.1) is 0 Å². The van der Waals surface area contributed by atoms with Gasteiger partial charge in [0.1, 0.15) is 0 Å². The second-order valence-corrected chi connectivity index (χ2v) is 8.30. The summed E-state index contributed by atoms with van der Waals surface area (Å²) in [6.45, 7) is 8.38. The zero-order valence-electron chi connectivity index (χ0n) is 18.6. The van der Waals surface area contributed by atoms with Crippen molar-refractivity contribution in [1.29, 1.82) is 0 Å². The summed E-state index contributed by atoms with van der Waals surface area (Å²) in [5, 5.41) is 3.46. The van der Waals surface area contributed by atoms with Gasteiger partial charge in [-0.3, -0.25) is 0 Å². The molecule has 2 fully saturated rings. The molecule has 0 atom stereocenters. The molecule has 1 aliphatic heterocycles. The van der Waals surface area contributed by atoms with E-state index in [2.05, 4.69) is 27.1 Å². The molecule has 3 rings (SSSR count).